The van der Waals surface area contributed by atoms with Gasteiger partial charge in [-0.3, -0.25) is 0 Å². The summed E-state index contributed by atoms with van der Waals surface area (Å²) >= 11 is 0. The Labute approximate surface area is 129 Å². The third-order valence-electron chi connectivity index (χ3n) is 4.63. The van der Waals surface area contributed by atoms with Gasteiger partial charge >= 0.3 is 129 Å². The normalized spacial score (nSPS) is 10.9. The Kier molecular flexibility index (Phi) is 9.65. The van der Waals surface area contributed by atoms with Crippen LogP contribution in [0.1, 0.15) is 90.3 Å². The maximum atomic E-state index is 2.49. The molecule has 20 heavy (non-hydrogen) atoms. The summed E-state index contributed by atoms with van der Waals surface area (Å²) in [5.74, 6) is 2.14. The van der Waals surface area contributed by atoms with Crippen molar-refractivity contribution in [2.75, 3.05) is 0 Å². The van der Waals surface area contributed by atoms with Crippen LogP contribution in [0.4, 0.5) is 0 Å². The number of hydrogen-bond acceptors (Lipinski definition) is 0. The van der Waals surface area contributed by atoms with Crippen molar-refractivity contribution < 1.29 is 0 Å². The third kappa shape index (κ3) is 6.64. The molecule has 0 bridgehead atoms. The van der Waals surface area contributed by atoms with E-state index in [2.05, 4.69) is 53.8 Å². The van der Waals surface area contributed by atoms with Crippen LogP contribution in [-0.2, 0) is 5.41 Å². The van der Waals surface area contributed by atoms with Crippen LogP contribution in [0.15, 0.2) is 5.86 Å². The Bertz CT molecular complexity index is 328. The molecule has 0 amide bonds. The molecule has 0 N–H and O–H groups in total. The van der Waals surface area contributed by atoms with Gasteiger partial charge in [0.25, 0.3) is 0 Å². The van der Waals surface area contributed by atoms with E-state index >= 15 is 0 Å². The molecular weight excluding hydrogens is 235 g/mol. The first-order chi connectivity index (χ1) is 9.73. The second-order valence-electron chi connectivity index (χ2n) is 6.55. The average molecular weight is 266 g/mol. The molecule has 0 saturated carbocycles. The third-order valence-corrected chi connectivity index (χ3v) is 4.63. The van der Waals surface area contributed by atoms with Gasteiger partial charge in [0, 0.05) is 0 Å². The number of hydrogen-bond donors (Lipinski definition) is 0. The van der Waals surface area contributed by atoms with Crippen LogP contribution in [-0.4, -0.2) is 27.2 Å². The van der Waals surface area contributed by atoms with Crippen molar-refractivity contribution in [2.24, 2.45) is 0 Å². The Morgan fingerprint density at radius 3 is 1.75 bits per heavy atom. The topological polar surface area (TPSA) is 0 Å². The Morgan fingerprint density at radius 1 is 0.800 bits per heavy atom. The molecule has 0 aromatic carbocycles. The number of unbranched alkanes of at least 4 members (excludes halogenated alkanes) is 6. The van der Waals surface area contributed by atoms with Crippen LogP contribution >= 0.6 is 0 Å². The molecular formula is C16H30B4. The first kappa shape index (κ1) is 18.0. The van der Waals surface area contributed by atoms with Gasteiger partial charge in [0.1, 0.15) is 0 Å². The van der Waals surface area contributed by atoms with Crippen LogP contribution in [0.5, 0.6) is 0 Å². The van der Waals surface area contributed by atoms with Gasteiger partial charge in [0.15, 0.2) is 0 Å². The fraction of sp³-hybridized carbons (Fsp3) is 0.875. The molecule has 0 spiro atoms. The van der Waals surface area contributed by atoms with Crippen molar-refractivity contribution in [1.29, 1.82) is 0 Å². The molecule has 0 nitrogen and oxygen atoms in total. The van der Waals surface area contributed by atoms with E-state index in [-0.39, 0.29) is 0 Å². The van der Waals surface area contributed by atoms with Crippen molar-refractivity contribution in [1.82, 2.24) is 0 Å². The van der Waals surface area contributed by atoms with Gasteiger partial charge in [0.2, 0.25) is 0 Å². The zero-order chi connectivity index (χ0) is 14.7. The summed E-state index contributed by atoms with van der Waals surface area (Å²) in [6.07, 6.45) is 13.7. The predicted molar refractivity (Wildman–Crippen MR) is 96.7 cm³/mol. The first-order valence-electron chi connectivity index (χ1n) is 8.78. The molecule has 1 aromatic heterocycles. The monoisotopic (exact) mass is 266 g/mol. The van der Waals surface area contributed by atoms with Crippen LogP contribution in [0.3, 0.4) is 0 Å². The minimum atomic E-state index is 0.392. The summed E-state index contributed by atoms with van der Waals surface area (Å²) in [5.41, 5.74) is 0.392. The SMILES string of the molecule is CCCCCCC(C)(CCCCCC)c1bbcbb1. The van der Waals surface area contributed by atoms with Crippen molar-refractivity contribution in [3.8, 4) is 0 Å². The van der Waals surface area contributed by atoms with Crippen molar-refractivity contribution in [3.05, 3.63) is 11.2 Å². The molecule has 0 fully saturated rings. The van der Waals surface area contributed by atoms with Gasteiger partial charge in [0.05, 0.1) is 0 Å². The number of rotatable bonds is 11. The molecule has 1 heterocycles. The van der Waals surface area contributed by atoms with Crippen LogP contribution in [0.25, 0.3) is 0 Å². The van der Waals surface area contributed by atoms with Crippen LogP contribution in [0.2, 0.25) is 0 Å². The van der Waals surface area contributed by atoms with Crippen LogP contribution < -0.4 is 0 Å². The van der Waals surface area contributed by atoms with E-state index < -0.39 is 0 Å². The van der Waals surface area contributed by atoms with Gasteiger partial charge in [-0.25, -0.2) is 0 Å². The molecule has 106 valence electrons. The fourth-order valence-corrected chi connectivity index (χ4v) is 3.14. The van der Waals surface area contributed by atoms with E-state index in [1.165, 1.54) is 64.2 Å². The molecule has 0 aliphatic rings. The molecule has 1 aromatic rings. The minimum absolute atomic E-state index is 0.392. The summed E-state index contributed by atoms with van der Waals surface area (Å²) in [5, 5.41) is 1.55. The van der Waals surface area contributed by atoms with E-state index in [4.69, 9.17) is 0 Å². The van der Waals surface area contributed by atoms with Gasteiger partial charge in [-0.15, -0.1) is 0 Å². The van der Waals surface area contributed by atoms with Crippen LogP contribution in [0, 0.1) is 0 Å². The van der Waals surface area contributed by atoms with E-state index in [0.717, 1.165) is 0 Å². The summed E-state index contributed by atoms with van der Waals surface area (Å²) in [4.78, 5) is 0. The fourth-order valence-electron chi connectivity index (χ4n) is 3.14. The van der Waals surface area contributed by atoms with Gasteiger partial charge in [-0.1, -0.05) is 0 Å². The van der Waals surface area contributed by atoms with E-state index in [1.54, 1.807) is 5.35 Å². The van der Waals surface area contributed by atoms with Crippen molar-refractivity contribution in [2.45, 2.75) is 90.4 Å². The quantitative estimate of drug-likeness (QED) is 0.525. The molecule has 1 rings (SSSR count). The first-order valence-corrected chi connectivity index (χ1v) is 8.78. The summed E-state index contributed by atoms with van der Waals surface area (Å²) in [6.45, 7) is 16.1. The van der Waals surface area contributed by atoms with Crippen molar-refractivity contribution in [3.63, 3.8) is 0 Å². The van der Waals surface area contributed by atoms with Gasteiger partial charge in [-0.05, 0) is 0 Å². The molecule has 0 radical (unpaired) electrons. The molecule has 0 aliphatic carbocycles. The van der Waals surface area contributed by atoms with Gasteiger partial charge in [-0.2, -0.15) is 0 Å². The molecule has 0 atom stereocenters. The summed E-state index contributed by atoms with van der Waals surface area (Å²) in [7, 11) is 0. The Hall–Kier alpha value is -0.000260. The second kappa shape index (κ2) is 10.7. The molecule has 0 unspecified atom stereocenters. The Balaban J connectivity index is 2.57. The second-order valence-corrected chi connectivity index (χ2v) is 6.55. The zero-order valence-electron chi connectivity index (χ0n) is 14.0. The summed E-state index contributed by atoms with van der Waals surface area (Å²) < 4.78 is 0. The zero-order valence-corrected chi connectivity index (χ0v) is 14.0. The molecule has 0 aliphatic heterocycles. The average Bonchev–Trinajstić information content (AvgIpc) is 2.49. The standard InChI is InChI=1S/C16H30B4/c1-4-6-8-10-12-16(3,13-11-9-7-5-2)15-19-17-14-18-20-15/h14H,4-13H2,1-3H3. The predicted octanol–water partition coefficient (Wildman–Crippen LogP) is 4.24. The van der Waals surface area contributed by atoms with Gasteiger partial charge < -0.3 is 0 Å². The molecule has 4 heteroatoms. The van der Waals surface area contributed by atoms with Crippen molar-refractivity contribution >= 4 is 27.2 Å². The molecule has 0 saturated heterocycles. The van der Waals surface area contributed by atoms with E-state index in [9.17, 15) is 0 Å². The van der Waals surface area contributed by atoms with E-state index in [0.29, 0.717) is 5.41 Å². The maximum absolute atomic E-state index is 2.49. The Morgan fingerprint density at radius 2 is 1.30 bits per heavy atom. The van der Waals surface area contributed by atoms with E-state index in [1.807, 2.05) is 0 Å². The summed E-state index contributed by atoms with van der Waals surface area (Å²) in [6, 6.07) is 0.